The molecule has 0 bridgehead atoms. The molecule has 0 aliphatic carbocycles. The molecule has 3 N–H and O–H groups in total. The first kappa shape index (κ1) is 13.3. The molecule has 0 spiro atoms. The van der Waals surface area contributed by atoms with E-state index in [-0.39, 0.29) is 5.91 Å². The van der Waals surface area contributed by atoms with Gasteiger partial charge in [-0.1, -0.05) is 0 Å². The number of nitrogens with one attached hydrogen (secondary N) is 1. The molecule has 1 aliphatic rings. The molecule has 1 saturated heterocycles. The van der Waals surface area contributed by atoms with Crippen LogP contribution in [-0.2, 0) is 4.79 Å². The van der Waals surface area contributed by atoms with Crippen molar-refractivity contribution in [3.8, 4) is 11.1 Å². The summed E-state index contributed by atoms with van der Waals surface area (Å²) in [6.07, 6.45) is 5.19. The number of carbonyl (C=O) groups is 1. The molecule has 2 aromatic heterocycles. The zero-order valence-electron chi connectivity index (χ0n) is 11.7. The molecule has 2 aromatic rings. The number of pyridine rings is 1. The van der Waals surface area contributed by atoms with Crippen LogP contribution in [0.25, 0.3) is 11.1 Å². The maximum absolute atomic E-state index is 11.4. The average Bonchev–Trinajstić information content (AvgIpc) is 2.50. The Kier molecular flexibility index (Phi) is 3.39. The minimum absolute atomic E-state index is 0.00978. The van der Waals surface area contributed by atoms with E-state index in [1.54, 1.807) is 18.6 Å². The van der Waals surface area contributed by atoms with Crippen molar-refractivity contribution >= 4 is 17.5 Å². The number of hydrogen-bond acceptors (Lipinski definition) is 6. The highest BCUT2D eigenvalue weighted by molar-refractivity contribution is 5.82. The molecule has 1 aliphatic heterocycles. The van der Waals surface area contributed by atoms with E-state index in [0.717, 1.165) is 16.8 Å². The van der Waals surface area contributed by atoms with E-state index in [4.69, 9.17) is 5.73 Å². The van der Waals surface area contributed by atoms with Gasteiger partial charge in [-0.25, -0.2) is 9.97 Å². The van der Waals surface area contributed by atoms with Gasteiger partial charge in [0.15, 0.2) is 0 Å². The summed E-state index contributed by atoms with van der Waals surface area (Å²) >= 11 is 0. The van der Waals surface area contributed by atoms with Gasteiger partial charge in [0.05, 0.1) is 17.9 Å². The van der Waals surface area contributed by atoms with Crippen molar-refractivity contribution in [1.29, 1.82) is 0 Å². The maximum atomic E-state index is 11.4. The molecule has 3 heterocycles. The molecule has 0 unspecified atom stereocenters. The second kappa shape index (κ2) is 5.35. The third-order valence-electron chi connectivity index (χ3n) is 3.42. The van der Waals surface area contributed by atoms with E-state index in [2.05, 4.69) is 20.3 Å². The number of nitrogen functional groups attached to an aromatic ring is 1. The molecule has 7 heteroatoms. The van der Waals surface area contributed by atoms with Crippen molar-refractivity contribution < 1.29 is 4.79 Å². The fourth-order valence-electron chi connectivity index (χ4n) is 2.15. The van der Waals surface area contributed by atoms with Crippen LogP contribution in [0.5, 0.6) is 0 Å². The number of anilines is 2. The largest absolute Gasteiger partial charge is 0.397 e. The molecule has 1 amide bonds. The first-order chi connectivity index (χ1) is 10.1. The SMILES string of the molecule is Cc1ncc(-c2cnc(N3CCNC(=O)C3)nc2)cc1N. The first-order valence-corrected chi connectivity index (χ1v) is 6.69. The van der Waals surface area contributed by atoms with Crippen LogP contribution in [0.4, 0.5) is 11.6 Å². The molecule has 108 valence electrons. The topological polar surface area (TPSA) is 97.0 Å². The van der Waals surface area contributed by atoms with E-state index in [9.17, 15) is 4.79 Å². The summed E-state index contributed by atoms with van der Waals surface area (Å²) in [5.74, 6) is 0.547. The van der Waals surface area contributed by atoms with E-state index in [0.29, 0.717) is 31.3 Å². The lowest BCUT2D eigenvalue weighted by Crippen LogP contribution is -2.48. The molecule has 0 radical (unpaired) electrons. The van der Waals surface area contributed by atoms with Gasteiger partial charge >= 0.3 is 0 Å². The van der Waals surface area contributed by atoms with Crippen molar-refractivity contribution in [1.82, 2.24) is 20.3 Å². The number of aryl methyl sites for hydroxylation is 1. The Hall–Kier alpha value is -2.70. The van der Waals surface area contributed by atoms with E-state index < -0.39 is 0 Å². The molecular formula is C14H16N6O. The molecule has 3 rings (SSSR count). The lowest BCUT2D eigenvalue weighted by Gasteiger charge is -2.26. The van der Waals surface area contributed by atoms with Crippen LogP contribution in [-0.4, -0.2) is 40.5 Å². The minimum Gasteiger partial charge on any atom is -0.397 e. The first-order valence-electron chi connectivity index (χ1n) is 6.69. The Morgan fingerprint density at radius 1 is 1.19 bits per heavy atom. The van der Waals surface area contributed by atoms with Crippen LogP contribution in [0, 0.1) is 6.92 Å². The fraction of sp³-hybridized carbons (Fsp3) is 0.286. The molecular weight excluding hydrogens is 268 g/mol. The summed E-state index contributed by atoms with van der Waals surface area (Å²) < 4.78 is 0. The second-order valence-electron chi connectivity index (χ2n) is 4.94. The summed E-state index contributed by atoms with van der Waals surface area (Å²) in [7, 11) is 0. The molecule has 0 aromatic carbocycles. The van der Waals surface area contributed by atoms with Gasteiger partial charge in [0.1, 0.15) is 0 Å². The zero-order chi connectivity index (χ0) is 14.8. The highest BCUT2D eigenvalue weighted by atomic mass is 16.2. The molecule has 0 atom stereocenters. The number of rotatable bonds is 2. The summed E-state index contributed by atoms with van der Waals surface area (Å²) in [6.45, 7) is 3.48. The Morgan fingerprint density at radius 2 is 1.90 bits per heavy atom. The van der Waals surface area contributed by atoms with Gasteiger partial charge in [0.25, 0.3) is 0 Å². The smallest absolute Gasteiger partial charge is 0.239 e. The van der Waals surface area contributed by atoms with Crippen LogP contribution >= 0.6 is 0 Å². The number of piperazine rings is 1. The van der Waals surface area contributed by atoms with Crippen molar-refractivity contribution in [3.63, 3.8) is 0 Å². The summed E-state index contributed by atoms with van der Waals surface area (Å²) in [4.78, 5) is 26.1. The van der Waals surface area contributed by atoms with Crippen LogP contribution in [0.1, 0.15) is 5.69 Å². The number of nitrogens with two attached hydrogens (primary N) is 1. The Bertz CT molecular complexity index is 670. The molecule has 0 saturated carbocycles. The van der Waals surface area contributed by atoms with Gasteiger partial charge in [-0.3, -0.25) is 9.78 Å². The van der Waals surface area contributed by atoms with Gasteiger partial charge in [0.2, 0.25) is 11.9 Å². The number of hydrogen-bond donors (Lipinski definition) is 2. The van der Waals surface area contributed by atoms with Crippen molar-refractivity contribution in [2.75, 3.05) is 30.3 Å². The minimum atomic E-state index is -0.00978. The maximum Gasteiger partial charge on any atom is 0.239 e. The Morgan fingerprint density at radius 3 is 2.57 bits per heavy atom. The van der Waals surface area contributed by atoms with Crippen molar-refractivity contribution in [3.05, 3.63) is 30.4 Å². The molecule has 1 fully saturated rings. The van der Waals surface area contributed by atoms with E-state index in [1.165, 1.54) is 0 Å². The normalized spacial score (nSPS) is 14.9. The average molecular weight is 284 g/mol. The number of amides is 1. The van der Waals surface area contributed by atoms with Crippen LogP contribution in [0.3, 0.4) is 0 Å². The highest BCUT2D eigenvalue weighted by Gasteiger charge is 2.18. The van der Waals surface area contributed by atoms with Gasteiger partial charge in [0, 0.05) is 42.8 Å². The van der Waals surface area contributed by atoms with Crippen molar-refractivity contribution in [2.45, 2.75) is 6.92 Å². The number of carbonyl (C=O) groups excluding carboxylic acids is 1. The van der Waals surface area contributed by atoms with Gasteiger partial charge < -0.3 is 16.0 Å². The van der Waals surface area contributed by atoms with E-state index in [1.807, 2.05) is 17.9 Å². The third kappa shape index (κ3) is 2.76. The van der Waals surface area contributed by atoms with Gasteiger partial charge in [-0.05, 0) is 13.0 Å². The number of aromatic nitrogens is 3. The third-order valence-corrected chi connectivity index (χ3v) is 3.42. The van der Waals surface area contributed by atoms with Crippen LogP contribution < -0.4 is 16.0 Å². The van der Waals surface area contributed by atoms with Crippen molar-refractivity contribution in [2.24, 2.45) is 0 Å². The summed E-state index contributed by atoms with van der Waals surface area (Å²) in [5, 5.41) is 2.77. The Labute approximate surface area is 122 Å². The van der Waals surface area contributed by atoms with Gasteiger partial charge in [-0.2, -0.15) is 0 Å². The zero-order valence-corrected chi connectivity index (χ0v) is 11.7. The number of nitrogens with zero attached hydrogens (tertiary/aromatic N) is 4. The predicted octanol–water partition coefficient (Wildman–Crippen LogP) is 0.365. The lowest BCUT2D eigenvalue weighted by molar-refractivity contribution is -0.120. The highest BCUT2D eigenvalue weighted by Crippen LogP contribution is 2.21. The molecule has 21 heavy (non-hydrogen) atoms. The van der Waals surface area contributed by atoms with Gasteiger partial charge in [-0.15, -0.1) is 0 Å². The predicted molar refractivity (Wildman–Crippen MR) is 79.6 cm³/mol. The second-order valence-corrected chi connectivity index (χ2v) is 4.94. The molecule has 7 nitrogen and oxygen atoms in total. The van der Waals surface area contributed by atoms with Crippen LogP contribution in [0.2, 0.25) is 0 Å². The van der Waals surface area contributed by atoms with Crippen LogP contribution in [0.15, 0.2) is 24.7 Å². The quantitative estimate of drug-likeness (QED) is 0.826. The van der Waals surface area contributed by atoms with E-state index >= 15 is 0 Å². The Balaban J connectivity index is 1.83. The summed E-state index contributed by atoms with van der Waals surface area (Å²) in [6, 6.07) is 1.86. The monoisotopic (exact) mass is 284 g/mol. The lowest BCUT2D eigenvalue weighted by atomic mass is 10.1. The standard InChI is InChI=1S/C14H16N6O/c1-9-12(15)4-10(5-17-9)11-6-18-14(19-7-11)20-3-2-16-13(21)8-20/h4-7H,2-3,8,15H2,1H3,(H,16,21). The summed E-state index contributed by atoms with van der Waals surface area (Å²) in [5.41, 5.74) is 9.03. The fourth-order valence-corrected chi connectivity index (χ4v) is 2.15.